The van der Waals surface area contributed by atoms with E-state index in [2.05, 4.69) is 41.5 Å². The van der Waals surface area contributed by atoms with Crippen LogP contribution < -0.4 is 0 Å². The summed E-state index contributed by atoms with van der Waals surface area (Å²) in [7, 11) is 0. The van der Waals surface area contributed by atoms with E-state index in [9.17, 15) is 0 Å². The minimum Gasteiger partial charge on any atom is -0.245 e. The van der Waals surface area contributed by atoms with Crippen LogP contribution in [0.15, 0.2) is 12.2 Å². The Bertz CT molecular complexity index is 198. The first kappa shape index (κ1) is 25.7. The van der Waals surface area contributed by atoms with E-state index in [0.717, 1.165) is 0 Å². The van der Waals surface area contributed by atoms with Crippen LogP contribution in [0.2, 0.25) is 0 Å². The third-order valence-corrected chi connectivity index (χ3v) is 3.94. The monoisotopic (exact) mass is 384 g/mol. The normalized spacial score (nSPS) is 22.3. The molecule has 0 aromatic rings. The summed E-state index contributed by atoms with van der Waals surface area (Å²) in [6.45, 7) is 16.4. The summed E-state index contributed by atoms with van der Waals surface area (Å²) in [5.41, 5.74) is 0. The largest absolute Gasteiger partial charge is 0.245 e. The topological polar surface area (TPSA) is 0 Å². The molecule has 0 bridgehead atoms. The minimum absolute atomic E-state index is 0. The van der Waals surface area contributed by atoms with Gasteiger partial charge in [0, 0.05) is 26.2 Å². The maximum atomic E-state index is 3.42. The zero-order valence-electron chi connectivity index (χ0n) is 15.5. The van der Waals surface area contributed by atoms with Crippen molar-refractivity contribution in [3.05, 3.63) is 100 Å². The zero-order valence-corrected chi connectivity index (χ0v) is 17.9. The van der Waals surface area contributed by atoms with Crippen LogP contribution in [0.25, 0.3) is 0 Å². The molecule has 0 heterocycles. The summed E-state index contributed by atoms with van der Waals surface area (Å²) >= 11 is 0. The van der Waals surface area contributed by atoms with Gasteiger partial charge in [0.05, 0.1) is 0 Å². The van der Waals surface area contributed by atoms with Crippen LogP contribution in [0.4, 0.5) is 0 Å². The van der Waals surface area contributed by atoms with Crippen molar-refractivity contribution in [2.75, 3.05) is 0 Å². The summed E-state index contributed by atoms with van der Waals surface area (Å²) in [5, 5.41) is 0. The fourth-order valence-corrected chi connectivity index (χ4v) is 1.92. The van der Waals surface area contributed by atoms with Crippen LogP contribution in [0.3, 0.4) is 0 Å². The first-order valence-corrected chi connectivity index (χ1v) is 7.74. The van der Waals surface area contributed by atoms with Gasteiger partial charge in [-0.25, -0.2) is 19.1 Å². The Kier molecular flexibility index (Phi) is 17.9. The number of allylic oxidation sites excluding steroid dienone is 2. The molecule has 2 rings (SSSR count). The smallest absolute Gasteiger partial charge is 0 e. The van der Waals surface area contributed by atoms with Gasteiger partial charge in [0.25, 0.3) is 0 Å². The van der Waals surface area contributed by atoms with Crippen molar-refractivity contribution in [3.8, 4) is 0 Å². The number of rotatable bonds is 0. The van der Waals surface area contributed by atoms with E-state index < -0.39 is 0 Å². The van der Waals surface area contributed by atoms with Gasteiger partial charge in [-0.15, -0.1) is 6.92 Å². The van der Waals surface area contributed by atoms with E-state index in [1.807, 2.05) is 64.4 Å². The molecule has 2 aliphatic carbocycles. The van der Waals surface area contributed by atoms with E-state index in [4.69, 9.17) is 0 Å². The van der Waals surface area contributed by atoms with E-state index in [1.165, 1.54) is 29.6 Å². The summed E-state index contributed by atoms with van der Waals surface area (Å²) < 4.78 is 0. The van der Waals surface area contributed by atoms with E-state index in [-0.39, 0.29) is 26.2 Å². The molecule has 2 fully saturated rings. The average molecular weight is 386 g/mol. The summed E-state index contributed by atoms with van der Waals surface area (Å²) in [6.07, 6.45) is 19.6. The van der Waals surface area contributed by atoms with Crippen LogP contribution in [0.1, 0.15) is 41.5 Å². The molecule has 0 nitrogen and oxygen atoms in total. The predicted octanol–water partition coefficient (Wildman–Crippen LogP) is 6.00. The molecule has 0 aromatic heterocycles. The Labute approximate surface area is 167 Å². The van der Waals surface area contributed by atoms with Gasteiger partial charge in [-0.1, -0.05) is 34.6 Å². The molecule has 13 radical (unpaired) electrons. The number of hydrogen-bond donors (Lipinski definition) is 0. The third-order valence-electron chi connectivity index (χ3n) is 3.94. The number of hydrogen-bond acceptors (Lipinski definition) is 0. The molecule has 2 aliphatic rings. The van der Waals surface area contributed by atoms with Gasteiger partial charge in [-0.05, 0) is 81.0 Å². The first-order valence-electron chi connectivity index (χ1n) is 7.74. The van der Waals surface area contributed by atoms with Crippen molar-refractivity contribution in [2.24, 2.45) is 0 Å². The molecule has 0 N–H and O–H groups in total. The molecule has 0 atom stereocenters. The van der Waals surface area contributed by atoms with E-state index in [1.54, 1.807) is 6.08 Å². The SMILES string of the molecule is C[C]1[C](C)[C](C)[C](C)[C]1C.[CH2-]/C=C/C.[CH]1[CH][CH][CH][CH][CH][CH][CH]1.[Zr]. The molecule has 0 saturated heterocycles. The fourth-order valence-electron chi connectivity index (χ4n) is 1.92. The van der Waals surface area contributed by atoms with Crippen molar-refractivity contribution in [2.45, 2.75) is 41.5 Å². The van der Waals surface area contributed by atoms with Crippen LogP contribution in [0.5, 0.6) is 0 Å². The standard InChI is InChI=1S/C10H15.C8H8.C4H7.Zr/c1-6-7(2)9(4)10(5)8(6)3;1-2-4-6-8-7-5-3-1;1-3-4-2;/h1-5H3;1-8H;3-4H,1H2,2H3;/q;;-1;/b;;4-3+;. The van der Waals surface area contributed by atoms with Crippen molar-refractivity contribution >= 4 is 0 Å². The Morgan fingerprint density at radius 2 is 0.696 bits per heavy atom. The molecule has 23 heavy (non-hydrogen) atoms. The molecule has 0 unspecified atom stereocenters. The van der Waals surface area contributed by atoms with Crippen LogP contribution in [-0.4, -0.2) is 0 Å². The average Bonchev–Trinajstić information content (AvgIpc) is 2.66. The van der Waals surface area contributed by atoms with Crippen molar-refractivity contribution < 1.29 is 26.2 Å². The maximum Gasteiger partial charge on any atom is 0 e. The zero-order chi connectivity index (χ0) is 17.0. The first-order chi connectivity index (χ1) is 10.5. The molecule has 0 aromatic carbocycles. The Morgan fingerprint density at radius 1 is 0.565 bits per heavy atom. The summed E-state index contributed by atoms with van der Waals surface area (Å²) in [5.74, 6) is 7.34. The second-order valence-corrected chi connectivity index (χ2v) is 5.23. The van der Waals surface area contributed by atoms with Gasteiger partial charge in [0.1, 0.15) is 0 Å². The minimum atomic E-state index is 0. The Balaban J connectivity index is 0. The van der Waals surface area contributed by atoms with Crippen LogP contribution in [-0.2, 0) is 26.2 Å². The summed E-state index contributed by atoms with van der Waals surface area (Å²) in [4.78, 5) is 0. The summed E-state index contributed by atoms with van der Waals surface area (Å²) in [6, 6.07) is 0. The Hall–Kier alpha value is 0.493. The Morgan fingerprint density at radius 3 is 0.783 bits per heavy atom. The van der Waals surface area contributed by atoms with Gasteiger partial charge >= 0.3 is 0 Å². The van der Waals surface area contributed by atoms with Crippen LogP contribution >= 0.6 is 0 Å². The molecule has 123 valence electrons. The van der Waals surface area contributed by atoms with Crippen molar-refractivity contribution in [1.29, 1.82) is 0 Å². The van der Waals surface area contributed by atoms with E-state index >= 15 is 0 Å². The molecule has 1 heteroatoms. The fraction of sp³-hybridized carbons (Fsp3) is 0.273. The van der Waals surface area contributed by atoms with Gasteiger partial charge in [0.2, 0.25) is 0 Å². The predicted molar refractivity (Wildman–Crippen MR) is 99.2 cm³/mol. The second kappa shape index (κ2) is 16.0. The van der Waals surface area contributed by atoms with Gasteiger partial charge in [-0.2, -0.15) is 0 Å². The molecular weight excluding hydrogens is 355 g/mol. The quantitative estimate of drug-likeness (QED) is 0.449. The van der Waals surface area contributed by atoms with Crippen molar-refractivity contribution in [3.63, 3.8) is 0 Å². The maximum absolute atomic E-state index is 3.42. The molecule has 0 amide bonds. The van der Waals surface area contributed by atoms with Crippen LogP contribution in [0, 0.1) is 87.9 Å². The second-order valence-electron chi connectivity index (χ2n) is 5.23. The van der Waals surface area contributed by atoms with Gasteiger partial charge in [-0.3, -0.25) is 0 Å². The van der Waals surface area contributed by atoms with Crippen molar-refractivity contribution in [1.82, 2.24) is 0 Å². The third kappa shape index (κ3) is 10.9. The van der Waals surface area contributed by atoms with E-state index in [0.29, 0.717) is 0 Å². The molecule has 0 spiro atoms. The van der Waals surface area contributed by atoms with Gasteiger partial charge in [0.15, 0.2) is 0 Å². The molecular formula is C22H30Zr-. The molecule has 2 saturated carbocycles. The van der Waals surface area contributed by atoms with Gasteiger partial charge < -0.3 is 0 Å². The molecule has 0 aliphatic heterocycles.